The number of hydrogen-bond acceptors (Lipinski definition) is 12. The third kappa shape index (κ3) is 15.3. The molecule has 2 heterocycles. The molecule has 1 unspecified atom stereocenters. The lowest BCUT2D eigenvalue weighted by Gasteiger charge is -2.51. The Morgan fingerprint density at radius 1 is 0.838 bits per heavy atom. The van der Waals surface area contributed by atoms with Gasteiger partial charge in [0.05, 0.1) is 6.04 Å². The van der Waals surface area contributed by atoms with Crippen molar-refractivity contribution in [3.05, 3.63) is 77.9 Å². The number of imide groups is 1. The molecule has 4 rings (SSSR count). The number of amides is 10. The Balaban J connectivity index is 1.32. The Labute approximate surface area is 399 Å². The van der Waals surface area contributed by atoms with Crippen LogP contribution in [0.25, 0.3) is 0 Å². The van der Waals surface area contributed by atoms with Gasteiger partial charge in [-0.3, -0.25) is 38.5 Å². The average molecular weight is 964 g/mol. The van der Waals surface area contributed by atoms with Crippen LogP contribution in [0.3, 0.4) is 0 Å². The van der Waals surface area contributed by atoms with E-state index >= 15 is 0 Å². The summed E-state index contributed by atoms with van der Waals surface area (Å²) in [4.78, 5) is 129. The maximum absolute atomic E-state index is 13.6. The van der Waals surface area contributed by atoms with Crippen molar-refractivity contribution in [1.29, 1.82) is 0 Å². The number of rotatable bonds is 25. The van der Waals surface area contributed by atoms with Crippen LogP contribution in [0.15, 0.2) is 66.7 Å². The van der Waals surface area contributed by atoms with Gasteiger partial charge in [-0.1, -0.05) is 62.7 Å². The minimum absolute atomic E-state index is 0.0885. The van der Waals surface area contributed by atoms with E-state index in [1.807, 2.05) is 0 Å². The summed E-state index contributed by atoms with van der Waals surface area (Å²) in [6.45, 7) is 8.33. The molecule has 10 amide bonds. The van der Waals surface area contributed by atoms with Gasteiger partial charge in [0.25, 0.3) is 11.8 Å². The number of anilines is 1. The second kappa shape index (κ2) is 24.7. The van der Waals surface area contributed by atoms with Crippen LogP contribution in [0.4, 0.5) is 15.3 Å². The number of nitrogens with two attached hydrogens (primary N) is 1. The summed E-state index contributed by atoms with van der Waals surface area (Å²) < 4.78 is 4.34. The van der Waals surface area contributed by atoms with Crippen LogP contribution in [0.1, 0.15) is 90.3 Å². The van der Waals surface area contributed by atoms with E-state index in [0.29, 0.717) is 36.1 Å². The number of urea groups is 1. The third-order valence-corrected chi connectivity index (χ3v) is 11.5. The van der Waals surface area contributed by atoms with Gasteiger partial charge < -0.3 is 52.4 Å². The zero-order valence-corrected chi connectivity index (χ0v) is 39.5. The zero-order valence-electron chi connectivity index (χ0n) is 38.6. The number of hydrogen-bond donors (Lipinski definition) is 9. The minimum Gasteiger partial charge on any atom is -0.480 e. The first kappa shape index (κ1) is 53.6. The lowest BCUT2D eigenvalue weighted by Crippen LogP contribution is -2.75. The first-order valence-electron chi connectivity index (χ1n) is 22.2. The molecular weight excluding hydrogens is 903 g/mol. The smallest absolute Gasteiger partial charge is 0.408 e. The van der Waals surface area contributed by atoms with E-state index in [2.05, 4.69) is 44.5 Å². The molecule has 0 aliphatic carbocycles. The fraction of sp³-hybridized carbons (Fsp3) is 0.478. The van der Waals surface area contributed by atoms with Gasteiger partial charge in [-0.25, -0.2) is 14.4 Å². The number of likely N-dealkylation sites (tertiary alicyclic amines) is 1. The maximum Gasteiger partial charge on any atom is 0.408 e. The monoisotopic (exact) mass is 963 g/mol. The Hall–Kier alpha value is -6.97. The van der Waals surface area contributed by atoms with Crippen LogP contribution < -0.4 is 37.6 Å². The molecule has 1 fully saturated rings. The number of carbonyl (C=O) groups excluding carboxylic acids is 9. The van der Waals surface area contributed by atoms with Gasteiger partial charge in [-0.15, -0.1) is 0 Å². The first-order valence-corrected chi connectivity index (χ1v) is 22.7. The highest BCUT2D eigenvalue weighted by Gasteiger charge is 2.54. The molecule has 22 heteroatoms. The van der Waals surface area contributed by atoms with Gasteiger partial charge >= 0.3 is 18.1 Å². The SMILES string of the molecule is CC(C)C(NC(=O)CCCCCN1C(=O)C=CC1=O)C(=O)N[C@@H](CCCNC(N)=O)C(=O)Nc1ccc(COC(=O)N[C@@H](C(=O)N[C@@H]2C(=O)N([C@@H](C(=O)O)C(C)(C)S)[C@@H]2C)c2ccccc2)cc1. The summed E-state index contributed by atoms with van der Waals surface area (Å²) in [6.07, 6.45) is 3.41. The molecule has 68 heavy (non-hydrogen) atoms. The summed E-state index contributed by atoms with van der Waals surface area (Å²) in [5.74, 6) is -5.28. The zero-order chi connectivity index (χ0) is 50.3. The molecule has 0 saturated carbocycles. The number of carbonyl (C=O) groups is 10. The molecule has 0 aromatic heterocycles. The number of ether oxygens (including phenoxy) is 1. The average Bonchev–Trinajstić information content (AvgIpc) is 3.60. The van der Waals surface area contributed by atoms with Gasteiger partial charge in [0.2, 0.25) is 29.5 Å². The van der Waals surface area contributed by atoms with E-state index in [4.69, 9.17) is 10.5 Å². The largest absolute Gasteiger partial charge is 0.480 e. The van der Waals surface area contributed by atoms with E-state index in [1.165, 1.54) is 12.2 Å². The molecule has 2 aliphatic heterocycles. The second-order valence-electron chi connectivity index (χ2n) is 17.4. The van der Waals surface area contributed by atoms with Crippen molar-refractivity contribution in [2.24, 2.45) is 11.7 Å². The minimum atomic E-state index is -1.29. The van der Waals surface area contributed by atoms with Crippen LogP contribution in [0.2, 0.25) is 0 Å². The summed E-state index contributed by atoms with van der Waals surface area (Å²) in [5.41, 5.74) is 6.40. The number of aliphatic carboxylic acids is 1. The number of thiol groups is 1. The number of carboxylic acids is 1. The van der Waals surface area contributed by atoms with Crippen LogP contribution >= 0.6 is 12.6 Å². The lowest BCUT2D eigenvalue weighted by molar-refractivity contribution is -0.167. The maximum atomic E-state index is 13.6. The van der Waals surface area contributed by atoms with Crippen molar-refractivity contribution >= 4 is 77.8 Å². The molecule has 21 nitrogen and oxygen atoms in total. The third-order valence-electron chi connectivity index (χ3n) is 11.2. The summed E-state index contributed by atoms with van der Waals surface area (Å²) in [6, 6.07) is 7.33. The molecule has 1 saturated heterocycles. The fourth-order valence-electron chi connectivity index (χ4n) is 7.57. The standard InChI is InChI=1S/C46H61N9O12S/c1-26(2)35(51-32(56)16-10-7-11-24-54-33(57)21-22-34(54)58)40(60)50-31(15-12-23-48-44(47)65)39(59)49-30-19-17-28(18-20-30)25-67-45(66)53-37(29-13-8-6-9-14-29)41(61)52-36-27(3)55(42(36)62)38(43(63)64)46(4,5)68/h6,8-9,13-14,17-22,26-27,31,35-38,68H,7,10-12,15-16,23-25H2,1-5H3,(H,49,59)(H,50,60)(H,51,56)(H,52,61)(H,53,66)(H,63,64)(H3,47,48,65)/t27-,31+,35?,36+,37-,38+/m1/s1. The normalized spacial score (nSPS) is 17.3. The van der Waals surface area contributed by atoms with Crippen molar-refractivity contribution in [3.8, 4) is 0 Å². The Morgan fingerprint density at radius 2 is 1.49 bits per heavy atom. The number of alkyl carbamates (subject to hydrolysis) is 1. The van der Waals surface area contributed by atoms with Gasteiger partial charge in [0, 0.05) is 42.1 Å². The lowest BCUT2D eigenvalue weighted by atomic mass is 9.89. The van der Waals surface area contributed by atoms with Crippen molar-refractivity contribution in [3.63, 3.8) is 0 Å². The van der Waals surface area contributed by atoms with Crippen molar-refractivity contribution < 1.29 is 57.8 Å². The van der Waals surface area contributed by atoms with Gasteiger partial charge in [-0.05, 0) is 75.6 Å². The molecule has 0 bridgehead atoms. The quantitative estimate of drug-likeness (QED) is 0.0299. The molecule has 0 radical (unpaired) electrons. The number of benzene rings is 2. The second-order valence-corrected chi connectivity index (χ2v) is 18.5. The van der Waals surface area contributed by atoms with E-state index in [-0.39, 0.29) is 62.6 Å². The molecule has 2 aromatic carbocycles. The molecule has 6 atom stereocenters. The molecule has 0 spiro atoms. The van der Waals surface area contributed by atoms with Crippen molar-refractivity contribution in [2.75, 3.05) is 18.4 Å². The fourth-order valence-corrected chi connectivity index (χ4v) is 7.80. The Bertz CT molecular complexity index is 2200. The Kier molecular flexibility index (Phi) is 19.5. The van der Waals surface area contributed by atoms with E-state index in [0.717, 1.165) is 9.80 Å². The topological polar surface area (TPSA) is 305 Å². The first-order chi connectivity index (χ1) is 32.1. The van der Waals surface area contributed by atoms with Gasteiger partial charge in [0.1, 0.15) is 36.8 Å². The van der Waals surface area contributed by atoms with Crippen LogP contribution in [-0.2, 0) is 49.7 Å². The van der Waals surface area contributed by atoms with Crippen LogP contribution in [0.5, 0.6) is 0 Å². The van der Waals surface area contributed by atoms with E-state index in [1.54, 1.807) is 89.2 Å². The number of carboxylic acid groups (broad SMARTS) is 1. The Morgan fingerprint density at radius 3 is 2.06 bits per heavy atom. The summed E-state index contributed by atoms with van der Waals surface area (Å²) in [7, 11) is 0. The van der Waals surface area contributed by atoms with Crippen molar-refractivity contribution in [2.45, 2.75) is 121 Å². The molecule has 2 aliphatic rings. The molecule has 9 N–H and O–H groups in total. The number of nitrogens with zero attached hydrogens (tertiary/aromatic N) is 2. The van der Waals surface area contributed by atoms with Gasteiger partial charge in [-0.2, -0.15) is 12.6 Å². The summed E-state index contributed by atoms with van der Waals surface area (Å²) >= 11 is 4.37. The highest BCUT2D eigenvalue weighted by atomic mass is 32.1. The molecule has 368 valence electrons. The molecule has 2 aromatic rings. The highest BCUT2D eigenvalue weighted by molar-refractivity contribution is 7.81. The van der Waals surface area contributed by atoms with Crippen molar-refractivity contribution in [1.82, 2.24) is 36.4 Å². The predicted octanol–water partition coefficient (Wildman–Crippen LogP) is 2.03. The molecular formula is C46H61N9O12S. The number of primary amides is 1. The van der Waals surface area contributed by atoms with E-state index in [9.17, 15) is 53.1 Å². The van der Waals surface area contributed by atoms with Crippen LogP contribution in [0, 0.1) is 5.92 Å². The number of nitrogens with one attached hydrogen (secondary N) is 6. The van der Waals surface area contributed by atoms with E-state index < -0.39 is 82.7 Å². The number of β-lactam (4-membered cyclic amide) rings is 1. The number of unbranched alkanes of at least 4 members (excludes halogenated alkanes) is 2. The predicted molar refractivity (Wildman–Crippen MR) is 250 cm³/mol. The highest BCUT2D eigenvalue weighted by Crippen LogP contribution is 2.32. The van der Waals surface area contributed by atoms with Crippen LogP contribution in [-0.4, -0.2) is 122 Å². The summed E-state index contributed by atoms with van der Waals surface area (Å²) in [5, 5.41) is 25.6. The van der Waals surface area contributed by atoms with Gasteiger partial charge in [0.15, 0.2) is 0 Å².